The van der Waals surface area contributed by atoms with Crippen molar-refractivity contribution < 1.29 is 14.7 Å². The number of hydrogen-bond acceptors (Lipinski definition) is 5. The summed E-state index contributed by atoms with van der Waals surface area (Å²) in [6.45, 7) is 7.50. The van der Waals surface area contributed by atoms with Crippen molar-refractivity contribution in [3.63, 3.8) is 0 Å². The molecule has 0 unspecified atom stereocenters. The summed E-state index contributed by atoms with van der Waals surface area (Å²) in [7, 11) is 1.83. The number of carbonyl (C=O) groups is 2. The van der Waals surface area contributed by atoms with Gasteiger partial charge in [0, 0.05) is 38.9 Å². The van der Waals surface area contributed by atoms with Crippen LogP contribution in [0.4, 0.5) is 0 Å². The maximum absolute atomic E-state index is 12.3. The maximum atomic E-state index is 12.3. The highest BCUT2D eigenvalue weighted by Gasteiger charge is 2.28. The molecular formula is C24H36N4O3. The van der Waals surface area contributed by atoms with Crippen molar-refractivity contribution >= 4 is 11.9 Å². The van der Waals surface area contributed by atoms with E-state index in [9.17, 15) is 9.59 Å². The molecule has 2 rings (SSSR count). The van der Waals surface area contributed by atoms with E-state index in [2.05, 4.69) is 47.3 Å². The Balaban J connectivity index is 1.66. The first-order valence-corrected chi connectivity index (χ1v) is 11.1. The molecule has 0 saturated heterocycles. The lowest BCUT2D eigenvalue weighted by Gasteiger charge is -2.23. The van der Waals surface area contributed by atoms with Gasteiger partial charge >= 0.3 is 5.97 Å². The normalized spacial score (nSPS) is 14.4. The van der Waals surface area contributed by atoms with Crippen LogP contribution in [0.25, 0.3) is 0 Å². The Bertz CT molecular complexity index is 787. The van der Waals surface area contributed by atoms with Crippen LogP contribution in [0, 0.1) is 0 Å². The number of carbonyl (C=O) groups excluding carboxylic acids is 1. The van der Waals surface area contributed by atoms with Gasteiger partial charge in [-0.2, -0.15) is 0 Å². The molecule has 1 aliphatic rings. The van der Waals surface area contributed by atoms with Crippen LogP contribution < -0.4 is 5.32 Å². The Hall–Kier alpha value is -2.51. The van der Waals surface area contributed by atoms with Crippen LogP contribution in [0.15, 0.2) is 42.1 Å². The third-order valence-electron chi connectivity index (χ3n) is 5.46. The Morgan fingerprint density at radius 2 is 2.00 bits per heavy atom. The van der Waals surface area contributed by atoms with Gasteiger partial charge in [0.25, 0.3) is 0 Å². The molecular weight excluding hydrogens is 392 g/mol. The number of unbranched alkanes of at least 4 members (excludes halogenated alkanes) is 1. The predicted molar refractivity (Wildman–Crippen MR) is 123 cm³/mol. The highest BCUT2D eigenvalue weighted by molar-refractivity contribution is 5.87. The van der Waals surface area contributed by atoms with E-state index in [4.69, 9.17) is 5.11 Å². The Morgan fingerprint density at radius 3 is 2.65 bits per heavy atom. The lowest BCUT2D eigenvalue weighted by Crippen LogP contribution is -2.36. The van der Waals surface area contributed by atoms with E-state index in [0.29, 0.717) is 12.2 Å². The summed E-state index contributed by atoms with van der Waals surface area (Å²) in [6.07, 6.45) is 12.6. The second-order valence-electron chi connectivity index (χ2n) is 8.03. The summed E-state index contributed by atoms with van der Waals surface area (Å²) in [6, 6.07) is 3.69. The molecule has 0 aromatic carbocycles. The molecule has 7 nitrogen and oxygen atoms in total. The number of hydrogen-bond donors (Lipinski definition) is 2. The second kappa shape index (κ2) is 13.0. The summed E-state index contributed by atoms with van der Waals surface area (Å²) in [4.78, 5) is 31.8. The molecule has 31 heavy (non-hydrogen) atoms. The summed E-state index contributed by atoms with van der Waals surface area (Å²) >= 11 is 0. The van der Waals surface area contributed by atoms with Crippen molar-refractivity contribution in [1.29, 1.82) is 0 Å². The van der Waals surface area contributed by atoms with Crippen LogP contribution in [-0.4, -0.2) is 71.0 Å². The van der Waals surface area contributed by atoms with Gasteiger partial charge in [0.05, 0.1) is 17.8 Å². The third kappa shape index (κ3) is 9.02. The number of rotatable bonds is 14. The standard InChI is InChI=1S/C24H36N4O3/c1-4-8-19(5-2)18-28(22-9-10-22)14-7-6-13-27(3)23(29)17-25-16-21-15-20(24(30)31)11-12-26-21/h4-5,8,11-12,15,22,25H,6-7,9-10,13-14,16-18H2,1-3H3,(H,30,31)/b8-4-,19-5+. The maximum Gasteiger partial charge on any atom is 0.335 e. The molecule has 2 N–H and O–H groups in total. The first-order valence-electron chi connectivity index (χ1n) is 11.1. The van der Waals surface area contributed by atoms with E-state index in [-0.39, 0.29) is 18.0 Å². The van der Waals surface area contributed by atoms with Crippen LogP contribution in [0.3, 0.4) is 0 Å². The average Bonchev–Trinajstić information content (AvgIpc) is 3.60. The molecule has 0 atom stereocenters. The zero-order valence-electron chi connectivity index (χ0n) is 19.0. The SMILES string of the molecule is C/C=C\C(=C/C)CN(CCCCN(C)C(=O)CNCc1cc(C(=O)O)ccn1)C1CC1. The fourth-order valence-corrected chi connectivity index (χ4v) is 3.45. The molecule has 1 aliphatic carbocycles. The van der Waals surface area contributed by atoms with Crippen LogP contribution in [0.2, 0.25) is 0 Å². The molecule has 1 saturated carbocycles. The lowest BCUT2D eigenvalue weighted by atomic mass is 10.2. The molecule has 1 heterocycles. The van der Waals surface area contributed by atoms with E-state index in [1.165, 1.54) is 36.7 Å². The molecule has 0 aliphatic heterocycles. The van der Waals surface area contributed by atoms with Crippen molar-refractivity contribution in [3.05, 3.63) is 53.4 Å². The Kier molecular flexibility index (Phi) is 10.4. The Labute approximate surface area is 185 Å². The fraction of sp³-hybridized carbons (Fsp3) is 0.542. The molecule has 1 aromatic rings. The highest BCUT2D eigenvalue weighted by atomic mass is 16.4. The number of nitrogens with one attached hydrogen (secondary N) is 1. The minimum absolute atomic E-state index is 0.0257. The summed E-state index contributed by atoms with van der Waals surface area (Å²) in [5, 5.41) is 12.1. The molecule has 1 amide bonds. The number of nitrogens with zero attached hydrogens (tertiary/aromatic N) is 3. The van der Waals surface area contributed by atoms with Crippen molar-refractivity contribution in [2.24, 2.45) is 0 Å². The first kappa shape index (κ1) is 24.8. The fourth-order valence-electron chi connectivity index (χ4n) is 3.45. The summed E-state index contributed by atoms with van der Waals surface area (Å²) in [5.74, 6) is -0.957. The van der Waals surface area contributed by atoms with Gasteiger partial charge in [-0.25, -0.2) is 4.79 Å². The van der Waals surface area contributed by atoms with Gasteiger partial charge in [-0.1, -0.05) is 18.2 Å². The number of aromatic carboxylic acids is 1. The number of likely N-dealkylation sites (N-methyl/N-ethyl adjacent to an activating group) is 1. The van der Waals surface area contributed by atoms with E-state index in [1.807, 2.05) is 7.05 Å². The van der Waals surface area contributed by atoms with Crippen LogP contribution >= 0.6 is 0 Å². The molecule has 1 aromatic heterocycles. The zero-order valence-corrected chi connectivity index (χ0v) is 19.0. The molecule has 0 spiro atoms. The van der Waals surface area contributed by atoms with Gasteiger partial charge in [0.15, 0.2) is 0 Å². The van der Waals surface area contributed by atoms with Gasteiger partial charge < -0.3 is 15.3 Å². The number of amides is 1. The van der Waals surface area contributed by atoms with Gasteiger partial charge in [0.1, 0.15) is 0 Å². The largest absolute Gasteiger partial charge is 0.478 e. The van der Waals surface area contributed by atoms with E-state index in [1.54, 1.807) is 4.90 Å². The minimum Gasteiger partial charge on any atom is -0.478 e. The zero-order chi connectivity index (χ0) is 22.6. The van der Waals surface area contributed by atoms with Crippen LogP contribution in [0.1, 0.15) is 55.6 Å². The van der Waals surface area contributed by atoms with Crippen molar-refractivity contribution in [3.8, 4) is 0 Å². The molecule has 170 valence electrons. The van der Waals surface area contributed by atoms with E-state index in [0.717, 1.165) is 38.5 Å². The number of pyridine rings is 1. The number of aromatic nitrogens is 1. The second-order valence-corrected chi connectivity index (χ2v) is 8.03. The topological polar surface area (TPSA) is 85.8 Å². The smallest absolute Gasteiger partial charge is 0.335 e. The number of carboxylic acid groups (broad SMARTS) is 1. The first-order chi connectivity index (χ1) is 14.9. The van der Waals surface area contributed by atoms with E-state index >= 15 is 0 Å². The van der Waals surface area contributed by atoms with Crippen molar-refractivity contribution in [2.75, 3.05) is 33.2 Å². The monoisotopic (exact) mass is 428 g/mol. The predicted octanol–water partition coefficient (Wildman–Crippen LogP) is 3.09. The van der Waals surface area contributed by atoms with Crippen molar-refractivity contribution in [1.82, 2.24) is 20.1 Å². The molecule has 1 fully saturated rings. The number of carboxylic acids is 1. The average molecular weight is 429 g/mol. The highest BCUT2D eigenvalue weighted by Crippen LogP contribution is 2.28. The summed E-state index contributed by atoms with van der Waals surface area (Å²) in [5.41, 5.74) is 2.16. The van der Waals surface area contributed by atoms with Crippen LogP contribution in [0.5, 0.6) is 0 Å². The van der Waals surface area contributed by atoms with E-state index < -0.39 is 5.97 Å². The third-order valence-corrected chi connectivity index (χ3v) is 5.46. The molecule has 7 heteroatoms. The van der Waals surface area contributed by atoms with Gasteiger partial charge in [-0.15, -0.1) is 0 Å². The molecule has 0 radical (unpaired) electrons. The summed E-state index contributed by atoms with van der Waals surface area (Å²) < 4.78 is 0. The van der Waals surface area contributed by atoms with Crippen molar-refractivity contribution in [2.45, 2.75) is 52.1 Å². The quantitative estimate of drug-likeness (QED) is 0.350. The minimum atomic E-state index is -0.983. The van der Waals surface area contributed by atoms with Gasteiger partial charge in [0.2, 0.25) is 5.91 Å². The lowest BCUT2D eigenvalue weighted by molar-refractivity contribution is -0.129. The van der Waals surface area contributed by atoms with Gasteiger partial charge in [-0.3, -0.25) is 14.7 Å². The van der Waals surface area contributed by atoms with Crippen LogP contribution in [-0.2, 0) is 11.3 Å². The van der Waals surface area contributed by atoms with Gasteiger partial charge in [-0.05, 0) is 63.8 Å². The Morgan fingerprint density at radius 1 is 1.26 bits per heavy atom. The number of allylic oxidation sites excluding steroid dienone is 2. The molecule has 0 bridgehead atoms.